The molecular weight excluding hydrogens is 436 g/mol. The fourth-order valence-electron chi connectivity index (χ4n) is 3.25. The Kier molecular flexibility index (Phi) is 6.17. The number of amides is 2. The molecule has 1 aliphatic heterocycles. The van der Waals surface area contributed by atoms with Crippen molar-refractivity contribution in [2.75, 3.05) is 43.8 Å². The van der Waals surface area contributed by atoms with Crippen LogP contribution in [-0.4, -0.2) is 55.6 Å². The molecule has 1 aliphatic rings. The molecule has 0 aliphatic carbocycles. The van der Waals surface area contributed by atoms with Gasteiger partial charge in [-0.25, -0.2) is 0 Å². The third-order valence-electron chi connectivity index (χ3n) is 4.71. The summed E-state index contributed by atoms with van der Waals surface area (Å²) in [5.74, 6) is 1.12. The van der Waals surface area contributed by atoms with E-state index in [0.717, 1.165) is 11.8 Å². The van der Waals surface area contributed by atoms with Gasteiger partial charge in [0.25, 0.3) is 5.22 Å². The number of carbonyl (C=O) groups excluding carboxylic acids is 2. The molecule has 0 bridgehead atoms. The normalized spacial score (nSPS) is 12.7. The molecule has 0 saturated heterocycles. The number of nitrogens with one attached hydrogen (secondary N) is 1. The second-order valence-corrected chi connectivity index (χ2v) is 7.55. The fourth-order valence-corrected chi connectivity index (χ4v) is 3.89. The number of anilines is 2. The molecule has 0 atom stereocenters. The van der Waals surface area contributed by atoms with Gasteiger partial charge in [0.1, 0.15) is 6.54 Å². The minimum Gasteiger partial charge on any atom is -0.493 e. The van der Waals surface area contributed by atoms with Crippen molar-refractivity contribution in [2.24, 2.45) is 0 Å². The molecule has 10 nitrogen and oxygen atoms in total. The van der Waals surface area contributed by atoms with Gasteiger partial charge in [-0.2, -0.15) is 0 Å². The van der Waals surface area contributed by atoms with Gasteiger partial charge in [0, 0.05) is 5.56 Å². The lowest BCUT2D eigenvalue weighted by Gasteiger charge is -2.28. The molecule has 3 aromatic rings. The smallest absolute Gasteiger partial charge is 0.277 e. The third-order valence-corrected chi connectivity index (χ3v) is 5.51. The Bertz CT molecular complexity index is 1140. The summed E-state index contributed by atoms with van der Waals surface area (Å²) in [5, 5.41) is 11.0. The molecular formula is C21H20N4O6S. The zero-order valence-corrected chi connectivity index (χ0v) is 18.4. The van der Waals surface area contributed by atoms with Crippen molar-refractivity contribution in [2.45, 2.75) is 5.22 Å². The highest BCUT2D eigenvalue weighted by Gasteiger charge is 2.27. The highest BCUT2D eigenvalue weighted by Crippen LogP contribution is 2.41. The highest BCUT2D eigenvalue weighted by molar-refractivity contribution is 7.99. The number of carbonyl (C=O) groups is 2. The molecule has 0 unspecified atom stereocenters. The van der Waals surface area contributed by atoms with E-state index in [1.54, 1.807) is 30.3 Å². The van der Waals surface area contributed by atoms with Gasteiger partial charge in [-0.3, -0.25) is 9.59 Å². The lowest BCUT2D eigenvalue weighted by Crippen LogP contribution is -2.43. The number of hydrogen-bond donors (Lipinski definition) is 1. The van der Waals surface area contributed by atoms with Crippen LogP contribution in [0.4, 0.5) is 11.4 Å². The highest BCUT2D eigenvalue weighted by atomic mass is 32.2. The molecule has 11 heteroatoms. The first-order valence-corrected chi connectivity index (χ1v) is 10.5. The summed E-state index contributed by atoms with van der Waals surface area (Å²) in [4.78, 5) is 26.2. The summed E-state index contributed by atoms with van der Waals surface area (Å²) >= 11 is 1.09. The van der Waals surface area contributed by atoms with Crippen molar-refractivity contribution in [3.8, 4) is 28.7 Å². The maximum absolute atomic E-state index is 12.8. The van der Waals surface area contributed by atoms with E-state index in [2.05, 4.69) is 15.5 Å². The molecule has 2 amide bonds. The number of para-hydroxylation sites is 2. The topological polar surface area (TPSA) is 116 Å². The van der Waals surface area contributed by atoms with Gasteiger partial charge < -0.3 is 28.8 Å². The van der Waals surface area contributed by atoms with Crippen molar-refractivity contribution in [3.63, 3.8) is 0 Å². The van der Waals surface area contributed by atoms with Gasteiger partial charge in [-0.05, 0) is 24.3 Å². The first-order chi connectivity index (χ1) is 15.5. The molecule has 2 heterocycles. The lowest BCUT2D eigenvalue weighted by molar-refractivity contribution is -0.120. The van der Waals surface area contributed by atoms with Crippen LogP contribution in [0.1, 0.15) is 0 Å². The van der Waals surface area contributed by atoms with E-state index in [9.17, 15) is 9.59 Å². The second kappa shape index (κ2) is 9.18. The van der Waals surface area contributed by atoms with Crippen molar-refractivity contribution in [3.05, 3.63) is 36.4 Å². The third kappa shape index (κ3) is 4.19. The quantitative estimate of drug-likeness (QED) is 0.536. The summed E-state index contributed by atoms with van der Waals surface area (Å²) in [6.45, 7) is -0.0447. The molecule has 4 rings (SSSR count). The molecule has 0 spiro atoms. The summed E-state index contributed by atoms with van der Waals surface area (Å²) in [6.07, 6.45) is 0. The van der Waals surface area contributed by atoms with E-state index in [4.69, 9.17) is 18.6 Å². The van der Waals surface area contributed by atoms with Gasteiger partial charge in [-0.15, -0.1) is 10.2 Å². The van der Waals surface area contributed by atoms with Gasteiger partial charge in [-0.1, -0.05) is 23.9 Å². The summed E-state index contributed by atoms with van der Waals surface area (Å²) < 4.78 is 21.7. The molecule has 32 heavy (non-hydrogen) atoms. The van der Waals surface area contributed by atoms with Crippen molar-refractivity contribution < 1.29 is 28.2 Å². The standard InChI is InChI=1S/C21H20N4O6S/c1-28-15-8-12(9-16(29-2)19(15)30-3)20-23-24-21(31-20)32-11-18(27)25-10-17(26)22-13-6-4-5-7-14(13)25/h4-9H,10-11H2,1-3H3,(H,22,26). The molecule has 2 aromatic carbocycles. The van der Waals surface area contributed by atoms with Crippen molar-refractivity contribution in [1.29, 1.82) is 0 Å². The van der Waals surface area contributed by atoms with Gasteiger partial charge in [0.05, 0.1) is 38.5 Å². The zero-order chi connectivity index (χ0) is 22.7. The minimum atomic E-state index is -0.246. The predicted molar refractivity (Wildman–Crippen MR) is 118 cm³/mol. The molecule has 166 valence electrons. The van der Waals surface area contributed by atoms with Gasteiger partial charge in [0.15, 0.2) is 11.5 Å². The number of thioether (sulfide) groups is 1. The van der Waals surface area contributed by atoms with Crippen LogP contribution in [0.2, 0.25) is 0 Å². The van der Waals surface area contributed by atoms with E-state index in [-0.39, 0.29) is 35.2 Å². The fraction of sp³-hybridized carbons (Fsp3) is 0.238. The maximum atomic E-state index is 12.8. The first kappa shape index (κ1) is 21.5. The summed E-state index contributed by atoms with van der Waals surface area (Å²) in [6, 6.07) is 10.5. The van der Waals surface area contributed by atoms with Crippen molar-refractivity contribution >= 4 is 35.0 Å². The molecule has 1 aromatic heterocycles. The first-order valence-electron chi connectivity index (χ1n) is 9.50. The Morgan fingerprint density at radius 2 is 1.84 bits per heavy atom. The second-order valence-electron chi connectivity index (χ2n) is 6.62. The Balaban J connectivity index is 1.49. The van der Waals surface area contributed by atoms with E-state index < -0.39 is 0 Å². The minimum absolute atomic E-state index is 0.0263. The number of hydrogen-bond acceptors (Lipinski definition) is 9. The zero-order valence-electron chi connectivity index (χ0n) is 17.6. The number of rotatable bonds is 7. The van der Waals surface area contributed by atoms with E-state index >= 15 is 0 Å². The number of aromatic nitrogens is 2. The van der Waals surface area contributed by atoms with E-state index in [1.165, 1.54) is 26.2 Å². The van der Waals surface area contributed by atoms with Gasteiger partial charge in [0.2, 0.25) is 23.5 Å². The number of methoxy groups -OCH3 is 3. The van der Waals surface area contributed by atoms with Crippen LogP contribution in [0.3, 0.4) is 0 Å². The lowest BCUT2D eigenvalue weighted by atomic mass is 10.2. The Labute approximate surface area is 187 Å². The van der Waals surface area contributed by atoms with Crippen LogP contribution in [0, 0.1) is 0 Å². The average molecular weight is 456 g/mol. The summed E-state index contributed by atoms with van der Waals surface area (Å²) in [5.41, 5.74) is 1.83. The number of nitrogens with zero attached hydrogens (tertiary/aromatic N) is 3. The Hall–Kier alpha value is -3.73. The van der Waals surface area contributed by atoms with Crippen LogP contribution in [0.5, 0.6) is 17.2 Å². The van der Waals surface area contributed by atoms with Crippen molar-refractivity contribution in [1.82, 2.24) is 10.2 Å². The molecule has 1 N–H and O–H groups in total. The largest absolute Gasteiger partial charge is 0.493 e. The SMILES string of the molecule is COc1cc(-c2nnc(SCC(=O)N3CC(=O)Nc4ccccc43)o2)cc(OC)c1OC. The summed E-state index contributed by atoms with van der Waals surface area (Å²) in [7, 11) is 4.55. The maximum Gasteiger partial charge on any atom is 0.277 e. The van der Waals surface area contributed by atoms with Crippen LogP contribution >= 0.6 is 11.8 Å². The van der Waals surface area contributed by atoms with Crippen LogP contribution in [-0.2, 0) is 9.59 Å². The molecule has 0 fully saturated rings. The Morgan fingerprint density at radius 1 is 1.12 bits per heavy atom. The number of fused-ring (bicyclic) bond motifs is 1. The average Bonchev–Trinajstić information content (AvgIpc) is 3.30. The number of ether oxygens (including phenoxy) is 3. The predicted octanol–water partition coefficient (Wildman–Crippen LogP) is 2.84. The van der Waals surface area contributed by atoms with Crippen LogP contribution < -0.4 is 24.4 Å². The number of benzene rings is 2. The van der Waals surface area contributed by atoms with E-state index in [1.807, 2.05) is 6.07 Å². The monoisotopic (exact) mass is 456 g/mol. The van der Waals surface area contributed by atoms with Crippen LogP contribution in [0.25, 0.3) is 11.5 Å². The van der Waals surface area contributed by atoms with Crippen LogP contribution in [0.15, 0.2) is 46.0 Å². The Morgan fingerprint density at radius 3 is 2.53 bits per heavy atom. The molecule has 0 radical (unpaired) electrons. The molecule has 0 saturated carbocycles. The van der Waals surface area contributed by atoms with Gasteiger partial charge >= 0.3 is 0 Å². The van der Waals surface area contributed by atoms with E-state index in [0.29, 0.717) is 34.2 Å².